The van der Waals surface area contributed by atoms with Gasteiger partial charge in [0.25, 0.3) is 0 Å². The van der Waals surface area contributed by atoms with Crippen LogP contribution in [0.1, 0.15) is 105 Å². The summed E-state index contributed by atoms with van der Waals surface area (Å²) in [4.78, 5) is 0. The minimum atomic E-state index is -0.117. The van der Waals surface area contributed by atoms with Crippen LogP contribution < -0.4 is 4.74 Å². The van der Waals surface area contributed by atoms with Crippen molar-refractivity contribution in [2.24, 2.45) is 0 Å². The smallest absolute Gasteiger partial charge is 0.123 e. The average Bonchev–Trinajstić information content (AvgIpc) is 2.73. The normalized spacial score (nSPS) is 19.2. The standard InChI is InChI=1S/C31H46O2/c1-24(2)11-7-12-25(3)13-8-14-26(4)15-9-16-27(5)17-10-21-31(6)22-20-28-23-29(32)18-19-30(28)33-31/h11,13,15,17-19,23,32H,7-10,12,14,16,20-22H2,1-6H3. The van der Waals surface area contributed by atoms with Crippen LogP contribution in [-0.4, -0.2) is 10.7 Å². The summed E-state index contributed by atoms with van der Waals surface area (Å²) in [5.74, 6) is 1.26. The Labute approximate surface area is 203 Å². The number of fused-ring (bicyclic) bond motifs is 1. The molecule has 0 fully saturated rings. The van der Waals surface area contributed by atoms with Crippen molar-refractivity contribution in [3.63, 3.8) is 0 Å². The Bertz CT molecular complexity index is 880. The number of phenolic OH excluding ortho intramolecular Hbond substituents is 1. The third kappa shape index (κ3) is 10.5. The summed E-state index contributed by atoms with van der Waals surface area (Å²) in [6.07, 6.45) is 20.5. The van der Waals surface area contributed by atoms with Gasteiger partial charge in [0.2, 0.25) is 0 Å². The number of hydrogen-bond donors (Lipinski definition) is 1. The Morgan fingerprint density at radius 3 is 1.97 bits per heavy atom. The fraction of sp³-hybridized carbons (Fsp3) is 0.548. The monoisotopic (exact) mass is 450 g/mol. The van der Waals surface area contributed by atoms with Crippen LogP contribution >= 0.6 is 0 Å². The van der Waals surface area contributed by atoms with Gasteiger partial charge in [-0.05, 0) is 130 Å². The molecule has 33 heavy (non-hydrogen) atoms. The maximum atomic E-state index is 9.66. The number of benzene rings is 1. The molecule has 0 saturated carbocycles. The van der Waals surface area contributed by atoms with Gasteiger partial charge in [0.15, 0.2) is 0 Å². The fourth-order valence-corrected chi connectivity index (χ4v) is 4.36. The van der Waals surface area contributed by atoms with Crippen molar-refractivity contribution in [3.05, 3.63) is 70.4 Å². The van der Waals surface area contributed by atoms with E-state index in [1.54, 1.807) is 6.07 Å². The highest BCUT2D eigenvalue weighted by atomic mass is 16.5. The molecule has 182 valence electrons. The molecular weight excluding hydrogens is 404 g/mol. The van der Waals surface area contributed by atoms with Crippen molar-refractivity contribution < 1.29 is 9.84 Å². The van der Waals surface area contributed by atoms with E-state index in [0.29, 0.717) is 5.75 Å². The molecule has 1 aromatic rings. The predicted molar refractivity (Wildman–Crippen MR) is 143 cm³/mol. The van der Waals surface area contributed by atoms with Gasteiger partial charge in [-0.25, -0.2) is 0 Å². The third-order valence-electron chi connectivity index (χ3n) is 6.64. The number of hydrogen-bond acceptors (Lipinski definition) is 2. The van der Waals surface area contributed by atoms with Crippen LogP contribution in [0.15, 0.2) is 64.8 Å². The molecule has 0 saturated heterocycles. The third-order valence-corrected chi connectivity index (χ3v) is 6.64. The average molecular weight is 451 g/mol. The summed E-state index contributed by atoms with van der Waals surface area (Å²) in [7, 11) is 0. The van der Waals surface area contributed by atoms with Crippen LogP contribution in [0.2, 0.25) is 0 Å². The SMILES string of the molecule is CC(C)=CCCC(C)=CCCC(C)=CCCC(C)=CCCC1(C)CCc2cc(O)ccc2O1. The molecule has 1 aliphatic rings. The second-order valence-electron chi connectivity index (χ2n) is 10.4. The number of aryl methyl sites for hydroxylation is 1. The van der Waals surface area contributed by atoms with Crippen LogP contribution in [-0.2, 0) is 6.42 Å². The molecule has 1 heterocycles. The molecule has 0 aromatic heterocycles. The molecule has 0 radical (unpaired) electrons. The molecule has 1 atom stereocenters. The number of aromatic hydroxyl groups is 1. The molecule has 2 heteroatoms. The van der Waals surface area contributed by atoms with Gasteiger partial charge in [-0.15, -0.1) is 0 Å². The van der Waals surface area contributed by atoms with Gasteiger partial charge >= 0.3 is 0 Å². The predicted octanol–water partition coefficient (Wildman–Crippen LogP) is 9.40. The Hall–Kier alpha value is -2.22. The van der Waals surface area contributed by atoms with Gasteiger partial charge in [-0.2, -0.15) is 0 Å². The highest BCUT2D eigenvalue weighted by molar-refractivity contribution is 5.41. The van der Waals surface area contributed by atoms with Crippen LogP contribution in [0, 0.1) is 0 Å². The van der Waals surface area contributed by atoms with Crippen molar-refractivity contribution in [2.75, 3.05) is 0 Å². The van der Waals surface area contributed by atoms with Crippen LogP contribution in [0.4, 0.5) is 0 Å². The zero-order valence-corrected chi connectivity index (χ0v) is 22.0. The molecule has 1 aliphatic heterocycles. The lowest BCUT2D eigenvalue weighted by molar-refractivity contribution is 0.0570. The number of allylic oxidation sites excluding steroid dienone is 8. The summed E-state index contributed by atoms with van der Waals surface area (Å²) >= 11 is 0. The first kappa shape index (κ1) is 27.0. The van der Waals surface area contributed by atoms with E-state index in [1.807, 2.05) is 12.1 Å². The largest absolute Gasteiger partial charge is 0.508 e. The van der Waals surface area contributed by atoms with Gasteiger partial charge in [-0.1, -0.05) is 46.6 Å². The van der Waals surface area contributed by atoms with Gasteiger partial charge < -0.3 is 9.84 Å². The van der Waals surface area contributed by atoms with E-state index < -0.39 is 0 Å². The first-order valence-electron chi connectivity index (χ1n) is 12.8. The minimum absolute atomic E-state index is 0.117. The first-order valence-corrected chi connectivity index (χ1v) is 12.8. The summed E-state index contributed by atoms with van der Waals surface area (Å²) < 4.78 is 6.30. The minimum Gasteiger partial charge on any atom is -0.508 e. The Morgan fingerprint density at radius 2 is 1.39 bits per heavy atom. The van der Waals surface area contributed by atoms with E-state index in [9.17, 15) is 5.11 Å². The number of rotatable bonds is 12. The van der Waals surface area contributed by atoms with Gasteiger partial charge in [-0.3, -0.25) is 0 Å². The molecule has 1 N–H and O–H groups in total. The van der Waals surface area contributed by atoms with Crippen LogP contribution in [0.3, 0.4) is 0 Å². The van der Waals surface area contributed by atoms with Crippen molar-refractivity contribution in [2.45, 2.75) is 111 Å². The summed E-state index contributed by atoms with van der Waals surface area (Å²) in [5.41, 5.74) is 6.90. The van der Waals surface area contributed by atoms with E-state index in [2.05, 4.69) is 65.8 Å². The zero-order chi connectivity index (χ0) is 24.3. The lowest BCUT2D eigenvalue weighted by Gasteiger charge is -2.35. The highest BCUT2D eigenvalue weighted by Gasteiger charge is 2.30. The summed E-state index contributed by atoms with van der Waals surface area (Å²) in [5, 5.41) is 9.66. The second-order valence-corrected chi connectivity index (χ2v) is 10.4. The maximum absolute atomic E-state index is 9.66. The molecule has 0 amide bonds. The lowest BCUT2D eigenvalue weighted by atomic mass is 9.88. The first-order chi connectivity index (χ1) is 15.7. The van der Waals surface area contributed by atoms with Crippen molar-refractivity contribution in [3.8, 4) is 11.5 Å². The lowest BCUT2D eigenvalue weighted by Crippen LogP contribution is -2.36. The van der Waals surface area contributed by atoms with Crippen molar-refractivity contribution in [1.29, 1.82) is 0 Å². The van der Waals surface area contributed by atoms with E-state index in [-0.39, 0.29) is 5.60 Å². The van der Waals surface area contributed by atoms with Crippen LogP contribution in [0.25, 0.3) is 0 Å². The summed E-state index contributed by atoms with van der Waals surface area (Å²) in [6.45, 7) is 13.3. The van der Waals surface area contributed by atoms with E-state index in [4.69, 9.17) is 4.74 Å². The van der Waals surface area contributed by atoms with Gasteiger partial charge in [0.1, 0.15) is 17.1 Å². The Morgan fingerprint density at radius 1 is 0.848 bits per heavy atom. The number of ether oxygens (including phenoxy) is 1. The van der Waals surface area contributed by atoms with Crippen LogP contribution in [0.5, 0.6) is 11.5 Å². The summed E-state index contributed by atoms with van der Waals surface area (Å²) in [6, 6.07) is 5.45. The molecule has 0 aliphatic carbocycles. The molecule has 0 bridgehead atoms. The Balaban J connectivity index is 1.68. The number of phenols is 1. The van der Waals surface area contributed by atoms with Crippen molar-refractivity contribution in [1.82, 2.24) is 0 Å². The molecule has 2 nitrogen and oxygen atoms in total. The quantitative estimate of drug-likeness (QED) is 0.321. The molecule has 1 unspecified atom stereocenters. The van der Waals surface area contributed by atoms with Gasteiger partial charge in [0, 0.05) is 0 Å². The zero-order valence-electron chi connectivity index (χ0n) is 22.0. The van der Waals surface area contributed by atoms with E-state index >= 15 is 0 Å². The highest BCUT2D eigenvalue weighted by Crippen LogP contribution is 2.37. The molecule has 0 spiro atoms. The van der Waals surface area contributed by atoms with E-state index in [0.717, 1.165) is 69.1 Å². The molecular formula is C31H46O2. The molecule has 1 aromatic carbocycles. The fourth-order valence-electron chi connectivity index (χ4n) is 4.36. The molecule has 2 rings (SSSR count). The van der Waals surface area contributed by atoms with Gasteiger partial charge in [0.05, 0.1) is 0 Å². The van der Waals surface area contributed by atoms with Crippen molar-refractivity contribution >= 4 is 0 Å². The Kier molecular flexibility index (Phi) is 11.0. The topological polar surface area (TPSA) is 29.5 Å². The van der Waals surface area contributed by atoms with E-state index in [1.165, 1.54) is 28.7 Å². The maximum Gasteiger partial charge on any atom is 0.123 e. The second kappa shape index (κ2) is 13.5.